The quantitative estimate of drug-likeness (QED) is 0.0835. The van der Waals surface area contributed by atoms with E-state index in [1.807, 2.05) is 0 Å². The van der Waals surface area contributed by atoms with E-state index in [1.54, 1.807) is 19.1 Å². The fraction of sp³-hybridized carbons (Fsp3) is 0.0645. The fourth-order valence-corrected chi connectivity index (χ4v) is 6.39. The van der Waals surface area contributed by atoms with Crippen LogP contribution in [0.2, 0.25) is 0 Å². The second-order valence-electron chi connectivity index (χ2n) is 10.6. The summed E-state index contributed by atoms with van der Waals surface area (Å²) in [5.74, 6) is 0.213. The number of nitrogens with zero attached hydrogens (tertiary/aromatic N) is 4. The van der Waals surface area contributed by atoms with Crippen LogP contribution in [0.1, 0.15) is 5.56 Å². The van der Waals surface area contributed by atoms with Gasteiger partial charge in [0.05, 0.1) is 50.2 Å². The summed E-state index contributed by atoms with van der Waals surface area (Å²) in [7, 11) is -13.5. The first kappa shape index (κ1) is 47.5. The molecule has 2 N–H and O–H groups in total. The number of aryl methyl sites for hydroxylation is 1. The number of benzene rings is 5. The Morgan fingerprint density at radius 3 is 1.87 bits per heavy atom. The van der Waals surface area contributed by atoms with Crippen molar-refractivity contribution in [2.75, 3.05) is 17.7 Å². The summed E-state index contributed by atoms with van der Waals surface area (Å²) in [5, 5.41) is 21.4. The Morgan fingerprint density at radius 1 is 0.630 bits per heavy atom. The van der Waals surface area contributed by atoms with Crippen molar-refractivity contribution in [3.05, 3.63) is 96.6 Å². The number of urea groups is 1. The first-order chi connectivity index (χ1) is 23.9. The van der Waals surface area contributed by atoms with Gasteiger partial charge in [-0.25, -0.2) is 30.0 Å². The van der Waals surface area contributed by atoms with Crippen molar-refractivity contribution in [2.45, 2.75) is 21.6 Å². The van der Waals surface area contributed by atoms with E-state index in [2.05, 4.69) is 31.1 Å². The molecule has 0 radical (unpaired) electrons. The zero-order chi connectivity index (χ0) is 37.1. The maximum Gasteiger partial charge on any atom is 1.00 e. The second-order valence-corrected chi connectivity index (χ2v) is 14.7. The van der Waals surface area contributed by atoms with Gasteiger partial charge in [0, 0.05) is 17.1 Å². The Bertz CT molecular complexity index is 2610. The van der Waals surface area contributed by atoms with Gasteiger partial charge < -0.3 is 29.0 Å². The number of carbonyl (C=O) groups is 1. The van der Waals surface area contributed by atoms with Crippen LogP contribution in [0, 0.1) is 6.92 Å². The molecule has 0 heterocycles. The molecule has 0 aliphatic carbocycles. The predicted molar refractivity (Wildman–Crippen MR) is 179 cm³/mol. The van der Waals surface area contributed by atoms with Crippen LogP contribution in [-0.4, -0.2) is 52.1 Å². The molecule has 2 amide bonds. The molecule has 17 nitrogen and oxygen atoms in total. The monoisotopic (exact) mass is 820 g/mol. The largest absolute Gasteiger partial charge is 1.00 e. The number of hydrogen-bond donors (Lipinski definition) is 2. The first-order valence-electron chi connectivity index (χ1n) is 14.2. The van der Waals surface area contributed by atoms with Crippen LogP contribution < -0.4 is 104 Å². The Balaban J connectivity index is 0.00000336. The van der Waals surface area contributed by atoms with E-state index >= 15 is 0 Å². The third-order valence-electron chi connectivity index (χ3n) is 6.99. The van der Waals surface area contributed by atoms with Gasteiger partial charge in [-0.1, -0.05) is 18.2 Å². The van der Waals surface area contributed by atoms with Gasteiger partial charge in [-0.2, -0.15) is 20.5 Å². The van der Waals surface area contributed by atoms with Crippen LogP contribution in [0.5, 0.6) is 5.75 Å². The number of fused-ring (bicyclic) bond motifs is 1. The van der Waals surface area contributed by atoms with Crippen LogP contribution in [0.15, 0.2) is 126 Å². The van der Waals surface area contributed by atoms with Crippen LogP contribution in [-0.2, 0) is 30.4 Å². The van der Waals surface area contributed by atoms with E-state index in [-0.39, 0.29) is 122 Å². The van der Waals surface area contributed by atoms with Crippen LogP contribution in [0.3, 0.4) is 0 Å². The van der Waals surface area contributed by atoms with Crippen LogP contribution >= 0.6 is 0 Å². The third kappa shape index (κ3) is 12.4. The van der Waals surface area contributed by atoms with Crippen molar-refractivity contribution in [1.82, 2.24) is 0 Å². The summed E-state index contributed by atoms with van der Waals surface area (Å²) in [6.45, 7) is 1.72. The molecule has 0 bridgehead atoms. The molecule has 0 unspecified atom stereocenters. The summed E-state index contributed by atoms with van der Waals surface area (Å²) in [4.78, 5) is 10.6. The SMILES string of the molecule is COc1cc(N=Nc2cccc(S(=O)(=O)[O-])c2)ccc1NC(=O)Nc1ccc(C)c(N=Nc2ccc3cc(S(=O)(=O)[O-])cc(S(=O)(=O)[O-])c3c2)c1.[Na+].[Na+].[Na+]. The Morgan fingerprint density at radius 2 is 1.24 bits per heavy atom. The van der Waals surface area contributed by atoms with E-state index in [9.17, 15) is 43.7 Å². The van der Waals surface area contributed by atoms with Gasteiger partial charge >= 0.3 is 94.7 Å². The number of hydrogen-bond acceptors (Lipinski definition) is 15. The summed E-state index contributed by atoms with van der Waals surface area (Å²) in [5.41, 5.74) is 2.04. The molecule has 0 atom stereocenters. The van der Waals surface area contributed by atoms with Gasteiger partial charge in [-0.15, -0.1) is 0 Å². The van der Waals surface area contributed by atoms with Gasteiger partial charge in [-0.3, -0.25) is 0 Å². The number of methoxy groups -OCH3 is 1. The van der Waals surface area contributed by atoms with Gasteiger partial charge in [-0.05, 0) is 84.6 Å². The summed E-state index contributed by atoms with van der Waals surface area (Å²) in [6.07, 6.45) is 0. The third-order valence-corrected chi connectivity index (χ3v) is 9.51. The van der Waals surface area contributed by atoms with Crippen molar-refractivity contribution in [1.29, 1.82) is 0 Å². The van der Waals surface area contributed by atoms with Gasteiger partial charge in [0.1, 0.15) is 36.1 Å². The molecule has 5 aromatic carbocycles. The summed E-state index contributed by atoms with van der Waals surface area (Å²) >= 11 is 0. The molecule has 0 fully saturated rings. The Labute approximate surface area is 376 Å². The van der Waals surface area contributed by atoms with E-state index < -0.39 is 51.1 Å². The van der Waals surface area contributed by atoms with E-state index in [1.165, 1.54) is 61.7 Å². The molecule has 264 valence electrons. The Hall–Kier alpha value is -2.64. The van der Waals surface area contributed by atoms with E-state index in [0.29, 0.717) is 28.7 Å². The number of anilines is 2. The fourth-order valence-electron chi connectivity index (χ4n) is 4.55. The maximum absolute atomic E-state index is 12.9. The maximum atomic E-state index is 12.9. The van der Waals surface area contributed by atoms with Gasteiger partial charge in [0.2, 0.25) is 0 Å². The molecular weight excluding hydrogens is 798 g/mol. The molecule has 0 saturated heterocycles. The number of ether oxygens (including phenoxy) is 1. The standard InChI is InChI=1S/C31H26N6O11S3.3Na/c1-18-6-8-20(15-28(18)37-36-22-9-7-19-12-25(50(42,43)44)17-30(26(19)14-22)51(45,46)47)32-31(38)33-27-11-10-23(16-29(27)48-2)35-34-21-4-3-5-24(13-21)49(39,40)41;;;/h3-17H,1-2H3,(H2,32,33,38)(H,39,40,41)(H,42,43,44)(H,45,46,47);;;/q;3*+1/p-3. The molecule has 5 rings (SSSR count). The summed E-state index contributed by atoms with van der Waals surface area (Å²) < 4.78 is 109. The van der Waals surface area contributed by atoms with E-state index in [4.69, 9.17) is 4.74 Å². The first-order valence-corrected chi connectivity index (χ1v) is 18.4. The van der Waals surface area contributed by atoms with Crippen LogP contribution in [0.4, 0.5) is 38.9 Å². The number of amides is 2. The number of nitrogens with one attached hydrogen (secondary N) is 2. The van der Waals surface area contributed by atoms with Gasteiger partial charge in [0.25, 0.3) is 0 Å². The molecule has 0 saturated carbocycles. The average molecular weight is 821 g/mol. The minimum atomic E-state index is -5.18. The minimum Gasteiger partial charge on any atom is -0.744 e. The topological polar surface area (TPSA) is 271 Å². The van der Waals surface area contributed by atoms with Crippen molar-refractivity contribution >= 4 is 81.3 Å². The van der Waals surface area contributed by atoms with Crippen molar-refractivity contribution in [3.8, 4) is 5.75 Å². The number of azo groups is 2. The van der Waals surface area contributed by atoms with Crippen molar-refractivity contribution < 1.29 is 137 Å². The van der Waals surface area contributed by atoms with Gasteiger partial charge in [0.15, 0.2) is 0 Å². The normalized spacial score (nSPS) is 11.7. The smallest absolute Gasteiger partial charge is 0.744 e. The molecule has 5 aromatic rings. The molecular formula is C31H23N6Na3O11S3. The molecule has 54 heavy (non-hydrogen) atoms. The molecule has 0 aliphatic rings. The molecule has 0 aromatic heterocycles. The molecule has 0 aliphatic heterocycles. The average Bonchev–Trinajstić information content (AvgIpc) is 3.06. The minimum absolute atomic E-state index is 0. The second kappa shape index (κ2) is 19.5. The number of rotatable bonds is 10. The molecule has 0 spiro atoms. The predicted octanol–water partition coefficient (Wildman–Crippen LogP) is -2.64. The zero-order valence-electron chi connectivity index (χ0n) is 29.2. The van der Waals surface area contributed by atoms with E-state index in [0.717, 1.165) is 18.2 Å². The zero-order valence-corrected chi connectivity index (χ0v) is 37.6. The summed E-state index contributed by atoms with van der Waals surface area (Å²) in [6, 6.07) is 18.9. The molecule has 23 heteroatoms. The van der Waals surface area contributed by atoms with Crippen molar-refractivity contribution in [2.24, 2.45) is 20.5 Å². The Kier molecular flexibility index (Phi) is 17.1. The van der Waals surface area contributed by atoms with Crippen molar-refractivity contribution in [3.63, 3.8) is 0 Å². The van der Waals surface area contributed by atoms with Crippen LogP contribution in [0.25, 0.3) is 10.8 Å². The number of carbonyl (C=O) groups excluding carboxylic acids is 1.